The lowest BCUT2D eigenvalue weighted by atomic mass is 9.45. The van der Waals surface area contributed by atoms with Crippen molar-refractivity contribution in [2.24, 2.45) is 34.0 Å². The zero-order valence-corrected chi connectivity index (χ0v) is 24.6. The molecule has 0 amide bonds. The molecule has 188 valence electrons. The van der Waals surface area contributed by atoms with Crippen molar-refractivity contribution in [3.05, 3.63) is 24.0 Å². The molecule has 2 bridgehead atoms. The maximum atomic E-state index is 14.3. The van der Waals surface area contributed by atoms with E-state index in [1.165, 1.54) is 17.8 Å². The van der Waals surface area contributed by atoms with Crippen molar-refractivity contribution in [2.45, 2.75) is 125 Å². The Bertz CT molecular complexity index is 801. The highest BCUT2D eigenvalue weighted by molar-refractivity contribution is 6.77. The molecule has 3 aliphatic carbocycles. The molecular weight excluding hydrogens is 420 g/mol. The minimum Gasteiger partial charge on any atom is -0.546 e. The fourth-order valence-electron chi connectivity index (χ4n) is 8.69. The topological polar surface area (TPSA) is 26.3 Å². The number of carbonyl (C=O) groups excluding carboxylic acids is 1. The van der Waals surface area contributed by atoms with Crippen LogP contribution in [0.15, 0.2) is 24.0 Å². The normalized spacial score (nSPS) is 39.7. The summed E-state index contributed by atoms with van der Waals surface area (Å²) < 4.78 is 7.45. The van der Waals surface area contributed by atoms with Crippen LogP contribution in [-0.2, 0) is 9.22 Å². The summed E-state index contributed by atoms with van der Waals surface area (Å²) in [6.07, 6.45) is 7.16. The Morgan fingerprint density at radius 2 is 1.52 bits per heavy atom. The molecule has 3 heteroatoms. The van der Waals surface area contributed by atoms with Crippen molar-refractivity contribution in [1.82, 2.24) is 0 Å². The van der Waals surface area contributed by atoms with Gasteiger partial charge in [0.25, 0.3) is 8.32 Å². The molecule has 2 saturated carbocycles. The first-order valence-corrected chi connectivity index (χ1v) is 15.9. The van der Waals surface area contributed by atoms with Crippen LogP contribution in [0.5, 0.6) is 0 Å². The fraction of sp³-hybridized carbons (Fsp3) is 0.833. The average molecular weight is 473 g/mol. The lowest BCUT2D eigenvalue weighted by Gasteiger charge is -2.58. The lowest BCUT2D eigenvalue weighted by molar-refractivity contribution is -0.137. The van der Waals surface area contributed by atoms with Gasteiger partial charge in [-0.05, 0) is 77.0 Å². The Balaban J connectivity index is 2.30. The van der Waals surface area contributed by atoms with E-state index in [1.807, 2.05) is 0 Å². The van der Waals surface area contributed by atoms with Gasteiger partial charge in [0, 0.05) is 12.8 Å². The lowest BCUT2D eigenvalue weighted by Crippen LogP contribution is -2.55. The van der Waals surface area contributed by atoms with Crippen LogP contribution in [0.4, 0.5) is 0 Å². The summed E-state index contributed by atoms with van der Waals surface area (Å²) in [5.74, 6) is 2.93. The zero-order chi connectivity index (χ0) is 25.1. The van der Waals surface area contributed by atoms with Crippen molar-refractivity contribution in [1.29, 1.82) is 0 Å². The first-order valence-electron chi connectivity index (χ1n) is 13.7. The number of rotatable bonds is 6. The monoisotopic (exact) mass is 472 g/mol. The highest BCUT2D eigenvalue weighted by Gasteiger charge is 2.63. The molecule has 0 aromatic carbocycles. The van der Waals surface area contributed by atoms with E-state index in [4.69, 9.17) is 4.43 Å². The molecular formula is C30H52O2Si. The van der Waals surface area contributed by atoms with E-state index < -0.39 is 13.7 Å². The van der Waals surface area contributed by atoms with Crippen molar-refractivity contribution < 1.29 is 9.22 Å². The highest BCUT2D eigenvalue weighted by atomic mass is 28.4. The van der Waals surface area contributed by atoms with Gasteiger partial charge in [-0.1, -0.05) is 75.3 Å². The Morgan fingerprint density at radius 3 is 2.00 bits per heavy atom. The number of ketones is 1. The Kier molecular flexibility index (Phi) is 7.04. The van der Waals surface area contributed by atoms with Crippen LogP contribution in [0.25, 0.3) is 0 Å². The molecule has 3 rings (SSSR count). The van der Waals surface area contributed by atoms with Gasteiger partial charge in [0.1, 0.15) is 5.78 Å². The second-order valence-corrected chi connectivity index (χ2v) is 18.8. The third kappa shape index (κ3) is 3.57. The number of hydrogen-bond acceptors (Lipinski definition) is 2. The Labute approximate surface area is 206 Å². The Morgan fingerprint density at radius 1 is 0.970 bits per heavy atom. The summed E-state index contributed by atoms with van der Waals surface area (Å²) in [6, 6.07) is 0. The van der Waals surface area contributed by atoms with Crippen LogP contribution in [0.1, 0.15) is 108 Å². The average Bonchev–Trinajstić information content (AvgIpc) is 3.12. The molecule has 0 radical (unpaired) electrons. The first kappa shape index (κ1) is 26.8. The second kappa shape index (κ2) is 8.68. The van der Waals surface area contributed by atoms with Crippen molar-refractivity contribution >= 4 is 14.1 Å². The van der Waals surface area contributed by atoms with Crippen LogP contribution in [0, 0.1) is 34.0 Å². The third-order valence-electron chi connectivity index (χ3n) is 11.4. The summed E-state index contributed by atoms with van der Waals surface area (Å²) in [4.78, 5) is 14.3. The zero-order valence-electron chi connectivity index (χ0n) is 23.6. The molecule has 0 aromatic rings. The molecule has 2 fully saturated rings. The quantitative estimate of drug-likeness (QED) is 0.284. The van der Waals surface area contributed by atoms with E-state index in [0.717, 1.165) is 19.3 Å². The van der Waals surface area contributed by atoms with Gasteiger partial charge < -0.3 is 4.43 Å². The van der Waals surface area contributed by atoms with Gasteiger partial charge in [-0.15, -0.1) is 6.58 Å². The molecule has 0 spiro atoms. The van der Waals surface area contributed by atoms with Crippen LogP contribution >= 0.6 is 0 Å². The molecule has 2 nitrogen and oxygen atoms in total. The number of hydrogen-bond donors (Lipinski definition) is 0. The SMILES string of the molecule is C=CC1(C)CC(=O)C2(C)C3=C(O[Si](C(C)C)(C(C)C)C(C)C)CCC3(CCC2C)[C@@H](C)C1C. The molecule has 6 atom stereocenters. The molecule has 0 saturated heterocycles. The van der Waals surface area contributed by atoms with Gasteiger partial charge in [0.2, 0.25) is 0 Å². The third-order valence-corrected chi connectivity index (χ3v) is 17.4. The molecule has 0 aliphatic heterocycles. The minimum atomic E-state index is -2.09. The summed E-state index contributed by atoms with van der Waals surface area (Å²) in [5, 5.41) is 0. The standard InChI is InChI=1S/C30H52O2Si/c1-13-28(11)18-26(31)29(12)22(8)14-16-30(24(10)23(28)9)17-15-25(27(29)30)32-33(19(2)3,20(4)5)21(6)7/h13,19-24H,1,14-18H2,2-12H3/t22?,23?,24-,28?,29?,30?/m0/s1. The van der Waals surface area contributed by atoms with Gasteiger partial charge in [0.15, 0.2) is 0 Å². The van der Waals surface area contributed by atoms with Gasteiger partial charge in [0.05, 0.1) is 11.2 Å². The van der Waals surface area contributed by atoms with E-state index in [2.05, 4.69) is 88.8 Å². The van der Waals surface area contributed by atoms with Crippen molar-refractivity contribution in [3.63, 3.8) is 0 Å². The van der Waals surface area contributed by atoms with Gasteiger partial charge in [-0.2, -0.15) is 0 Å². The van der Waals surface area contributed by atoms with Gasteiger partial charge in [-0.3, -0.25) is 4.79 Å². The van der Waals surface area contributed by atoms with Crippen LogP contribution in [0.2, 0.25) is 16.6 Å². The summed E-state index contributed by atoms with van der Waals surface area (Å²) in [6.45, 7) is 30.2. The van der Waals surface area contributed by atoms with Crippen molar-refractivity contribution in [2.75, 3.05) is 0 Å². The summed E-state index contributed by atoms with van der Waals surface area (Å²) in [7, 11) is -2.09. The smallest absolute Gasteiger partial charge is 0.258 e. The van der Waals surface area contributed by atoms with Crippen LogP contribution < -0.4 is 0 Å². The van der Waals surface area contributed by atoms with E-state index in [0.29, 0.717) is 46.6 Å². The number of allylic oxidation sites excluding steroid dienone is 3. The maximum Gasteiger partial charge on any atom is 0.258 e. The largest absolute Gasteiger partial charge is 0.546 e. The molecule has 0 N–H and O–H groups in total. The van der Waals surface area contributed by atoms with Gasteiger partial charge in [-0.25, -0.2) is 0 Å². The van der Waals surface area contributed by atoms with E-state index in [9.17, 15) is 4.79 Å². The van der Waals surface area contributed by atoms with Gasteiger partial charge >= 0.3 is 0 Å². The number of Topliss-reactive ketones (excluding diaryl/α,β-unsaturated/α-hetero) is 1. The summed E-state index contributed by atoms with van der Waals surface area (Å²) in [5.41, 5.74) is 2.56. The fourth-order valence-corrected chi connectivity index (χ4v) is 14.0. The van der Waals surface area contributed by atoms with E-state index >= 15 is 0 Å². The maximum absolute atomic E-state index is 14.3. The molecule has 33 heavy (non-hydrogen) atoms. The predicted molar refractivity (Wildman–Crippen MR) is 144 cm³/mol. The molecule has 3 aliphatic rings. The molecule has 0 aromatic heterocycles. The van der Waals surface area contributed by atoms with E-state index in [-0.39, 0.29) is 10.8 Å². The predicted octanol–water partition coefficient (Wildman–Crippen LogP) is 9.09. The highest BCUT2D eigenvalue weighted by Crippen LogP contribution is 2.68. The molecule has 0 heterocycles. The van der Waals surface area contributed by atoms with E-state index in [1.54, 1.807) is 0 Å². The first-order chi connectivity index (χ1) is 15.1. The summed E-state index contributed by atoms with van der Waals surface area (Å²) >= 11 is 0. The Hall–Kier alpha value is -0.833. The van der Waals surface area contributed by atoms with Crippen LogP contribution in [0.3, 0.4) is 0 Å². The van der Waals surface area contributed by atoms with Crippen LogP contribution in [-0.4, -0.2) is 14.1 Å². The molecule has 5 unspecified atom stereocenters. The number of carbonyl (C=O) groups is 1. The minimum absolute atomic E-state index is 0.0848. The second-order valence-electron chi connectivity index (χ2n) is 13.4. The van der Waals surface area contributed by atoms with Crippen molar-refractivity contribution in [3.8, 4) is 0 Å².